The van der Waals surface area contributed by atoms with E-state index >= 15 is 0 Å². The van der Waals surface area contributed by atoms with Crippen LogP contribution in [0.1, 0.15) is 28.8 Å². The number of piperidine rings is 1. The molecular weight excluding hydrogens is 464 g/mol. The Kier molecular flexibility index (Phi) is 7.45. The first-order valence-electron chi connectivity index (χ1n) is 12.4. The van der Waals surface area contributed by atoms with E-state index in [1.54, 1.807) is 6.20 Å². The van der Waals surface area contributed by atoms with Gasteiger partial charge in [-0.2, -0.15) is 0 Å². The molecule has 4 N–H and O–H groups in total. The zero-order chi connectivity index (χ0) is 25.5. The van der Waals surface area contributed by atoms with Crippen molar-refractivity contribution in [3.05, 3.63) is 102 Å². The van der Waals surface area contributed by atoms with E-state index in [1.807, 2.05) is 54.6 Å². The maximum atomic E-state index is 12.0. The van der Waals surface area contributed by atoms with Crippen molar-refractivity contribution < 1.29 is 9.53 Å². The second kappa shape index (κ2) is 11.4. The molecule has 0 radical (unpaired) electrons. The summed E-state index contributed by atoms with van der Waals surface area (Å²) >= 11 is 0. The lowest BCUT2D eigenvalue weighted by atomic mass is 10.0. The highest BCUT2D eigenvalue weighted by Crippen LogP contribution is 2.27. The van der Waals surface area contributed by atoms with Crippen LogP contribution in [0.2, 0.25) is 0 Å². The third kappa shape index (κ3) is 6.35. The Balaban J connectivity index is 1.17. The molecule has 37 heavy (non-hydrogen) atoms. The summed E-state index contributed by atoms with van der Waals surface area (Å²) in [7, 11) is 0. The van der Waals surface area contributed by atoms with Crippen LogP contribution in [-0.4, -0.2) is 35.0 Å². The highest BCUT2D eigenvalue weighted by Gasteiger charge is 2.21. The molecule has 2 aromatic heterocycles. The number of nitrogens with two attached hydrogens (primary N) is 1. The second-order valence-corrected chi connectivity index (χ2v) is 8.99. The molecule has 0 unspecified atom stereocenters. The molecule has 188 valence electrons. The fourth-order valence-corrected chi connectivity index (χ4v) is 4.40. The second-order valence-electron chi connectivity index (χ2n) is 8.99. The van der Waals surface area contributed by atoms with E-state index in [2.05, 4.69) is 49.8 Å². The Bertz CT molecular complexity index is 1310. The zero-order valence-corrected chi connectivity index (χ0v) is 20.5. The molecule has 1 aliphatic heterocycles. The number of benzene rings is 2. The van der Waals surface area contributed by atoms with Crippen LogP contribution < -0.4 is 26.0 Å². The molecule has 1 aliphatic rings. The summed E-state index contributed by atoms with van der Waals surface area (Å²) in [5.41, 5.74) is 8.99. The number of amides is 1. The molecule has 4 aromatic rings. The monoisotopic (exact) mass is 494 g/mol. The molecule has 0 aliphatic carbocycles. The van der Waals surface area contributed by atoms with Gasteiger partial charge in [0.15, 0.2) is 0 Å². The fourth-order valence-electron chi connectivity index (χ4n) is 4.40. The summed E-state index contributed by atoms with van der Waals surface area (Å²) in [5, 5.41) is 6.69. The molecule has 2 aromatic carbocycles. The Hall–Kier alpha value is -4.59. The summed E-state index contributed by atoms with van der Waals surface area (Å²) in [6, 6.07) is 26.0. The first-order chi connectivity index (χ1) is 18.1. The Morgan fingerprint density at radius 2 is 1.70 bits per heavy atom. The van der Waals surface area contributed by atoms with E-state index in [-0.39, 0.29) is 6.04 Å². The van der Waals surface area contributed by atoms with Crippen LogP contribution in [-0.2, 0) is 6.61 Å². The molecular formula is C29H30N6O2. The Labute approximate surface area is 216 Å². The van der Waals surface area contributed by atoms with Crippen molar-refractivity contribution >= 4 is 28.9 Å². The highest BCUT2D eigenvalue weighted by atomic mass is 16.5. The molecule has 0 bridgehead atoms. The van der Waals surface area contributed by atoms with Crippen LogP contribution in [0.4, 0.5) is 23.0 Å². The molecule has 8 heteroatoms. The average molecular weight is 495 g/mol. The number of nitrogens with one attached hydrogen (secondary N) is 2. The summed E-state index contributed by atoms with van der Waals surface area (Å²) in [6.45, 7) is 2.36. The molecule has 0 saturated carbocycles. The van der Waals surface area contributed by atoms with Gasteiger partial charge in [0, 0.05) is 43.3 Å². The van der Waals surface area contributed by atoms with Gasteiger partial charge in [-0.3, -0.25) is 4.79 Å². The molecule has 1 saturated heterocycles. The van der Waals surface area contributed by atoms with E-state index < -0.39 is 5.91 Å². The van der Waals surface area contributed by atoms with Crippen molar-refractivity contribution in [3.63, 3.8) is 0 Å². The topological polar surface area (TPSA) is 105 Å². The van der Waals surface area contributed by atoms with E-state index in [0.717, 1.165) is 37.2 Å². The Morgan fingerprint density at radius 1 is 0.946 bits per heavy atom. The maximum absolute atomic E-state index is 12.0. The lowest BCUT2D eigenvalue weighted by molar-refractivity contribution is 0.100. The van der Waals surface area contributed by atoms with Crippen LogP contribution in [0.25, 0.3) is 0 Å². The number of pyridine rings is 2. The van der Waals surface area contributed by atoms with Crippen LogP contribution >= 0.6 is 0 Å². The third-order valence-corrected chi connectivity index (χ3v) is 6.40. The zero-order valence-electron chi connectivity index (χ0n) is 20.5. The van der Waals surface area contributed by atoms with Crippen LogP contribution in [0.15, 0.2) is 91.3 Å². The number of aromatic nitrogens is 2. The smallest absolute Gasteiger partial charge is 0.252 e. The highest BCUT2D eigenvalue weighted by molar-refractivity contribution is 5.98. The van der Waals surface area contributed by atoms with Crippen molar-refractivity contribution in [1.29, 1.82) is 0 Å². The van der Waals surface area contributed by atoms with Gasteiger partial charge in [-0.25, -0.2) is 9.97 Å². The quantitative estimate of drug-likeness (QED) is 0.301. The van der Waals surface area contributed by atoms with Crippen LogP contribution in [0.5, 0.6) is 5.75 Å². The van der Waals surface area contributed by atoms with E-state index in [4.69, 9.17) is 10.5 Å². The van der Waals surface area contributed by atoms with Gasteiger partial charge in [-0.15, -0.1) is 0 Å². The first-order valence-corrected chi connectivity index (χ1v) is 12.4. The molecule has 0 spiro atoms. The number of carbonyl (C=O) groups is 1. The maximum Gasteiger partial charge on any atom is 0.252 e. The predicted octanol–water partition coefficient (Wildman–Crippen LogP) is 4.98. The number of rotatable bonds is 9. The minimum atomic E-state index is -0.508. The molecule has 8 nitrogen and oxygen atoms in total. The standard InChI is InChI=1S/C29H30N6O2/c30-29(36)25-19-32-28(34-27-8-4-5-15-31-27)18-26(25)33-22-13-16-35(17-14-22)23-9-11-24(12-10-23)37-20-21-6-2-1-3-7-21/h1-12,15,18-19,22H,13-14,16-17,20H2,(H2,30,36)(H2,31,32,33,34). The number of nitrogens with zero attached hydrogens (tertiary/aromatic N) is 3. The van der Waals surface area contributed by atoms with Gasteiger partial charge >= 0.3 is 0 Å². The van der Waals surface area contributed by atoms with Gasteiger partial charge in [-0.1, -0.05) is 36.4 Å². The molecule has 1 fully saturated rings. The number of hydrogen-bond acceptors (Lipinski definition) is 7. The van der Waals surface area contributed by atoms with Crippen molar-refractivity contribution in [3.8, 4) is 5.75 Å². The summed E-state index contributed by atoms with van der Waals surface area (Å²) in [6.07, 6.45) is 5.07. The number of anilines is 4. The lowest BCUT2D eigenvalue weighted by Crippen LogP contribution is -2.39. The van der Waals surface area contributed by atoms with Gasteiger partial charge in [0.25, 0.3) is 5.91 Å². The van der Waals surface area contributed by atoms with Crippen LogP contribution in [0.3, 0.4) is 0 Å². The van der Waals surface area contributed by atoms with Crippen molar-refractivity contribution in [2.45, 2.75) is 25.5 Å². The summed E-state index contributed by atoms with van der Waals surface area (Å²) in [5.74, 6) is 1.62. The molecule has 1 amide bonds. The largest absolute Gasteiger partial charge is 0.489 e. The van der Waals surface area contributed by atoms with Gasteiger partial charge < -0.3 is 26.0 Å². The SMILES string of the molecule is NC(=O)c1cnc(Nc2ccccn2)cc1NC1CCN(c2ccc(OCc3ccccc3)cc2)CC1. The van der Waals surface area contributed by atoms with E-state index in [0.29, 0.717) is 29.5 Å². The minimum Gasteiger partial charge on any atom is -0.489 e. The van der Waals surface area contributed by atoms with E-state index in [1.165, 1.54) is 11.9 Å². The minimum absolute atomic E-state index is 0.216. The number of primary amides is 1. The molecule has 5 rings (SSSR count). The van der Waals surface area contributed by atoms with Gasteiger partial charge in [0.05, 0.1) is 11.3 Å². The lowest BCUT2D eigenvalue weighted by Gasteiger charge is -2.34. The van der Waals surface area contributed by atoms with Crippen molar-refractivity contribution in [2.75, 3.05) is 28.6 Å². The molecule has 0 atom stereocenters. The van der Waals surface area contributed by atoms with Crippen LogP contribution in [0, 0.1) is 0 Å². The van der Waals surface area contributed by atoms with Crippen molar-refractivity contribution in [1.82, 2.24) is 9.97 Å². The first kappa shape index (κ1) is 24.1. The number of hydrogen-bond donors (Lipinski definition) is 3. The van der Waals surface area contributed by atoms with Gasteiger partial charge in [0.2, 0.25) is 0 Å². The summed E-state index contributed by atoms with van der Waals surface area (Å²) in [4.78, 5) is 23.0. The third-order valence-electron chi connectivity index (χ3n) is 6.40. The predicted molar refractivity (Wildman–Crippen MR) is 146 cm³/mol. The summed E-state index contributed by atoms with van der Waals surface area (Å²) < 4.78 is 5.92. The molecule has 3 heterocycles. The normalized spacial score (nSPS) is 13.7. The van der Waals surface area contributed by atoms with Gasteiger partial charge in [0.1, 0.15) is 24.0 Å². The fraction of sp³-hybridized carbons (Fsp3) is 0.207. The Morgan fingerprint density at radius 3 is 2.41 bits per heavy atom. The average Bonchev–Trinajstić information content (AvgIpc) is 2.94. The van der Waals surface area contributed by atoms with E-state index in [9.17, 15) is 4.79 Å². The van der Waals surface area contributed by atoms with Crippen molar-refractivity contribution in [2.24, 2.45) is 5.73 Å². The van der Waals surface area contributed by atoms with Gasteiger partial charge in [-0.05, 0) is 54.8 Å². The number of carbonyl (C=O) groups excluding carboxylic acids is 1. The number of ether oxygens (including phenoxy) is 1.